The van der Waals surface area contributed by atoms with Crippen LogP contribution >= 0.6 is 0 Å². The van der Waals surface area contributed by atoms with E-state index in [0.29, 0.717) is 0 Å². The number of aromatic amines is 2. The van der Waals surface area contributed by atoms with Gasteiger partial charge in [-0.1, -0.05) is 116 Å². The summed E-state index contributed by atoms with van der Waals surface area (Å²) in [6.07, 6.45) is 6.88. The van der Waals surface area contributed by atoms with Crippen LogP contribution in [-0.2, 0) is 25.7 Å². The molecule has 52 heavy (non-hydrogen) atoms. The molecular weight excluding hydrogens is 637 g/mol. The summed E-state index contributed by atoms with van der Waals surface area (Å²) in [6.45, 7) is 18.0. The van der Waals surface area contributed by atoms with E-state index < -0.39 is 0 Å². The van der Waals surface area contributed by atoms with Gasteiger partial charge in [-0.05, 0) is 95.9 Å². The Labute approximate surface area is 308 Å². The molecule has 2 aliphatic rings. The van der Waals surface area contributed by atoms with Crippen molar-refractivity contribution in [1.82, 2.24) is 29.9 Å². The van der Waals surface area contributed by atoms with Crippen molar-refractivity contribution in [3.05, 3.63) is 106 Å². The Bertz CT molecular complexity index is 2240. The van der Waals surface area contributed by atoms with Crippen molar-refractivity contribution in [3.8, 4) is 22.3 Å². The fourth-order valence-corrected chi connectivity index (χ4v) is 8.65. The lowest BCUT2D eigenvalue weighted by molar-refractivity contribution is 1.05. The van der Waals surface area contributed by atoms with E-state index in [1.807, 2.05) is 0 Å². The Morgan fingerprint density at radius 1 is 0.385 bits per heavy atom. The van der Waals surface area contributed by atoms with Gasteiger partial charge < -0.3 is 9.97 Å². The van der Waals surface area contributed by atoms with E-state index in [4.69, 9.17) is 19.9 Å². The predicted octanol–water partition coefficient (Wildman–Crippen LogP) is 12.1. The number of fused-ring (bicyclic) bond motifs is 8. The predicted molar refractivity (Wildman–Crippen MR) is 220 cm³/mol. The van der Waals surface area contributed by atoms with Crippen LogP contribution in [0.1, 0.15) is 126 Å². The summed E-state index contributed by atoms with van der Waals surface area (Å²) in [5, 5.41) is 0. The molecule has 266 valence electrons. The minimum Gasteiger partial charge on any atom is -0.339 e. The van der Waals surface area contributed by atoms with Crippen LogP contribution in [0.25, 0.3) is 66.9 Å². The number of hydrogen-bond donors (Lipinski definition) is 2. The Morgan fingerprint density at radius 2 is 0.750 bits per heavy atom. The van der Waals surface area contributed by atoms with E-state index >= 15 is 0 Å². The third kappa shape index (κ3) is 5.73. The number of H-pyrrole nitrogens is 2. The molecule has 2 aromatic carbocycles. The zero-order valence-electron chi connectivity index (χ0n) is 32.2. The molecule has 0 atom stereocenters. The van der Waals surface area contributed by atoms with Crippen molar-refractivity contribution in [2.45, 2.75) is 107 Å². The molecule has 8 bridgehead atoms. The SMILES string of the molecule is CCC1=C(CC)c2nc1nc1[nH]c(c(CC)c1CC)c(-c1ccccc1)c1[nH]c(nc3nc(c2-c2ccccc2)C(CC)=C3CC)c(CC)c1CC. The summed E-state index contributed by atoms with van der Waals surface area (Å²) in [7, 11) is 0. The first kappa shape index (κ1) is 35.3. The molecule has 7 rings (SSSR count). The van der Waals surface area contributed by atoms with Crippen LogP contribution in [0.3, 0.4) is 0 Å². The lowest BCUT2D eigenvalue weighted by Crippen LogP contribution is -1.95. The summed E-state index contributed by atoms with van der Waals surface area (Å²) >= 11 is 0. The standard InChI is InChI=1S/C46H52N6/c1-9-29-33(13-5)43-47-39(29)37(27-23-19-17-20-24-27)40-30(10-2)34(14-6)45(48-40)52-46-36(16-8)32(12-4)42(50-46)38(28-25-21-18-22-26-28)41-31(11-3)35(15-7)44(49-41)51-43/h17-26H,9-16H2,1-8H3,(H,47,49,51)(H,48,50,52). The number of nitrogens with zero attached hydrogens (tertiary/aromatic N) is 4. The maximum Gasteiger partial charge on any atom is 0.158 e. The second-order valence-corrected chi connectivity index (χ2v) is 13.6. The highest BCUT2D eigenvalue weighted by molar-refractivity contribution is 6.02. The Morgan fingerprint density at radius 3 is 1.10 bits per heavy atom. The van der Waals surface area contributed by atoms with Crippen LogP contribution in [0.2, 0.25) is 0 Å². The first-order valence-corrected chi connectivity index (χ1v) is 19.6. The molecule has 0 spiro atoms. The zero-order valence-corrected chi connectivity index (χ0v) is 32.2. The fraction of sp³-hybridized carbons (Fsp3) is 0.348. The van der Waals surface area contributed by atoms with Crippen molar-refractivity contribution in [2.75, 3.05) is 0 Å². The molecule has 0 radical (unpaired) electrons. The zero-order chi connectivity index (χ0) is 36.5. The quantitative estimate of drug-likeness (QED) is 0.153. The van der Waals surface area contributed by atoms with Gasteiger partial charge in [0.1, 0.15) is 11.3 Å². The van der Waals surface area contributed by atoms with E-state index in [9.17, 15) is 0 Å². The molecule has 6 nitrogen and oxygen atoms in total. The smallest absolute Gasteiger partial charge is 0.158 e. The molecule has 2 N–H and O–H groups in total. The number of nitrogens with one attached hydrogen (secondary N) is 2. The average molecular weight is 689 g/mol. The number of hydrogen-bond acceptors (Lipinski definition) is 4. The molecule has 3 aromatic heterocycles. The van der Waals surface area contributed by atoms with Gasteiger partial charge >= 0.3 is 0 Å². The molecule has 0 aliphatic carbocycles. The minimum absolute atomic E-state index is 0.802. The third-order valence-electron chi connectivity index (χ3n) is 11.0. The Balaban J connectivity index is 1.82. The first-order chi connectivity index (χ1) is 25.5. The van der Waals surface area contributed by atoms with Gasteiger partial charge in [0.05, 0.1) is 22.4 Å². The van der Waals surface area contributed by atoms with Crippen molar-refractivity contribution >= 4 is 44.6 Å². The van der Waals surface area contributed by atoms with Gasteiger partial charge in [-0.2, -0.15) is 0 Å². The van der Waals surface area contributed by atoms with E-state index in [-0.39, 0.29) is 0 Å². The number of allylic oxidation sites excluding steroid dienone is 4. The molecule has 0 amide bonds. The summed E-state index contributed by atoms with van der Waals surface area (Å²) in [4.78, 5) is 29.8. The summed E-state index contributed by atoms with van der Waals surface area (Å²) in [5.41, 5.74) is 20.5. The number of rotatable bonds is 10. The third-order valence-corrected chi connectivity index (χ3v) is 11.0. The maximum absolute atomic E-state index is 5.50. The van der Waals surface area contributed by atoms with Crippen LogP contribution in [0.5, 0.6) is 0 Å². The highest BCUT2D eigenvalue weighted by atomic mass is 15.0. The molecule has 0 fully saturated rings. The normalized spacial score (nSPS) is 13.1. The van der Waals surface area contributed by atoms with Crippen LogP contribution in [0, 0.1) is 0 Å². The topological polar surface area (TPSA) is 83.1 Å². The monoisotopic (exact) mass is 688 g/mol. The number of aromatic nitrogens is 6. The van der Waals surface area contributed by atoms with Gasteiger partial charge in [0.15, 0.2) is 11.6 Å². The van der Waals surface area contributed by atoms with Crippen molar-refractivity contribution < 1.29 is 0 Å². The van der Waals surface area contributed by atoms with Gasteiger partial charge in [-0.25, -0.2) is 19.9 Å². The van der Waals surface area contributed by atoms with Gasteiger partial charge in [0.2, 0.25) is 0 Å². The Kier molecular flexibility index (Phi) is 10.1. The van der Waals surface area contributed by atoms with Gasteiger partial charge in [-0.3, -0.25) is 0 Å². The van der Waals surface area contributed by atoms with Crippen LogP contribution in [0.15, 0.2) is 60.7 Å². The van der Waals surface area contributed by atoms with E-state index in [0.717, 1.165) is 119 Å². The summed E-state index contributed by atoms with van der Waals surface area (Å²) in [5.74, 6) is 1.60. The van der Waals surface area contributed by atoms with Gasteiger partial charge in [0.25, 0.3) is 0 Å². The number of benzene rings is 2. The van der Waals surface area contributed by atoms with Crippen LogP contribution in [0.4, 0.5) is 0 Å². The van der Waals surface area contributed by atoms with Gasteiger partial charge in [-0.15, -0.1) is 0 Å². The molecule has 0 saturated heterocycles. The minimum atomic E-state index is 0.802. The van der Waals surface area contributed by atoms with Gasteiger partial charge in [0, 0.05) is 22.3 Å². The molecule has 6 heteroatoms. The van der Waals surface area contributed by atoms with E-state index in [1.165, 1.54) is 44.5 Å². The second kappa shape index (κ2) is 14.9. The highest BCUT2D eigenvalue weighted by Gasteiger charge is 2.29. The lowest BCUT2D eigenvalue weighted by Gasteiger charge is -2.12. The highest BCUT2D eigenvalue weighted by Crippen LogP contribution is 2.45. The van der Waals surface area contributed by atoms with Crippen LogP contribution in [-0.4, -0.2) is 29.9 Å². The molecule has 0 saturated carbocycles. The number of aryl methyl sites for hydroxylation is 4. The fourth-order valence-electron chi connectivity index (χ4n) is 8.65. The van der Waals surface area contributed by atoms with E-state index in [2.05, 4.69) is 126 Å². The largest absolute Gasteiger partial charge is 0.339 e. The second-order valence-electron chi connectivity index (χ2n) is 13.6. The lowest BCUT2D eigenvalue weighted by atomic mass is 9.91. The first-order valence-electron chi connectivity index (χ1n) is 19.6. The molecule has 2 aliphatic heterocycles. The van der Waals surface area contributed by atoms with E-state index in [1.54, 1.807) is 0 Å². The summed E-state index contributed by atoms with van der Waals surface area (Å²) in [6, 6.07) is 21.5. The molecule has 5 aromatic rings. The molecule has 5 heterocycles. The van der Waals surface area contributed by atoms with Crippen molar-refractivity contribution in [1.29, 1.82) is 0 Å². The van der Waals surface area contributed by atoms with Crippen molar-refractivity contribution in [3.63, 3.8) is 0 Å². The molecular formula is C46H52N6. The summed E-state index contributed by atoms with van der Waals surface area (Å²) < 4.78 is 0. The Hall–Kier alpha value is -5.10. The van der Waals surface area contributed by atoms with Crippen LogP contribution < -0.4 is 0 Å². The molecule has 0 unspecified atom stereocenters. The van der Waals surface area contributed by atoms with Crippen molar-refractivity contribution in [2.24, 2.45) is 0 Å². The average Bonchev–Trinajstić information content (AvgIpc) is 3.92. The maximum atomic E-state index is 5.50.